The van der Waals surface area contributed by atoms with Gasteiger partial charge in [-0.25, -0.2) is 5.43 Å². The predicted molar refractivity (Wildman–Crippen MR) is 132 cm³/mol. The summed E-state index contributed by atoms with van der Waals surface area (Å²) >= 11 is 3.31. The van der Waals surface area contributed by atoms with Crippen molar-refractivity contribution in [3.63, 3.8) is 0 Å². The van der Waals surface area contributed by atoms with Crippen molar-refractivity contribution in [3.8, 4) is 5.75 Å². The molecule has 9 nitrogen and oxygen atoms in total. The molecule has 0 aliphatic heterocycles. The van der Waals surface area contributed by atoms with Crippen LogP contribution in [0.15, 0.2) is 62.5 Å². The SMILES string of the molecule is COc1cccc(C(=O)N/N=C2\CCCc3oc(C(=O)NNC(=O)c4ccccc4Br)c(C)c32)c1. The maximum absolute atomic E-state index is 12.8. The van der Waals surface area contributed by atoms with Gasteiger partial charge in [-0.3, -0.25) is 25.2 Å². The first kappa shape index (κ1) is 24.2. The van der Waals surface area contributed by atoms with Gasteiger partial charge in [-0.2, -0.15) is 5.10 Å². The molecule has 0 saturated carbocycles. The summed E-state index contributed by atoms with van der Waals surface area (Å²) in [5.41, 5.74) is 10.1. The molecule has 1 aliphatic carbocycles. The minimum atomic E-state index is -0.586. The molecule has 3 aromatic rings. The minimum absolute atomic E-state index is 0.0798. The largest absolute Gasteiger partial charge is 0.497 e. The number of carbonyl (C=O) groups excluding carboxylic acids is 3. The molecule has 0 atom stereocenters. The van der Waals surface area contributed by atoms with Gasteiger partial charge in [0.2, 0.25) is 0 Å². The lowest BCUT2D eigenvalue weighted by Gasteiger charge is -2.13. The van der Waals surface area contributed by atoms with E-state index >= 15 is 0 Å². The van der Waals surface area contributed by atoms with Crippen LogP contribution in [0.5, 0.6) is 5.75 Å². The lowest BCUT2D eigenvalue weighted by molar-refractivity contribution is 0.0829. The highest BCUT2D eigenvalue weighted by atomic mass is 79.9. The van der Waals surface area contributed by atoms with Crippen LogP contribution in [0, 0.1) is 6.92 Å². The first-order chi connectivity index (χ1) is 16.9. The molecule has 2 aromatic carbocycles. The number of hydrogen-bond acceptors (Lipinski definition) is 6. The Morgan fingerprint density at radius 3 is 2.54 bits per heavy atom. The standard InChI is InChI=1S/C25H23BrN4O5/c1-14-21-19(27-28-23(31)15-7-5-8-16(13-15)34-2)11-6-12-20(21)35-22(14)25(33)30-29-24(32)17-9-3-4-10-18(17)26/h3-5,7-10,13H,6,11-12H2,1-2H3,(H,28,31)(H,29,32)(H,30,33)/b27-19+. The summed E-state index contributed by atoms with van der Waals surface area (Å²) in [4.78, 5) is 37.7. The molecule has 1 aromatic heterocycles. The number of hydrazone groups is 1. The Morgan fingerprint density at radius 1 is 1.00 bits per heavy atom. The fraction of sp³-hybridized carbons (Fsp3) is 0.200. The average Bonchev–Trinajstić information content (AvgIpc) is 3.23. The molecular weight excluding hydrogens is 516 g/mol. The zero-order valence-corrected chi connectivity index (χ0v) is 20.7. The second-order valence-electron chi connectivity index (χ2n) is 7.83. The predicted octanol–water partition coefficient (Wildman–Crippen LogP) is 3.90. The smallest absolute Gasteiger partial charge is 0.305 e. The van der Waals surface area contributed by atoms with Gasteiger partial charge in [-0.05, 0) is 66.0 Å². The van der Waals surface area contributed by atoms with E-state index in [1.165, 1.54) is 7.11 Å². The first-order valence-corrected chi connectivity index (χ1v) is 11.7. The van der Waals surface area contributed by atoms with Gasteiger partial charge in [-0.1, -0.05) is 18.2 Å². The van der Waals surface area contributed by atoms with E-state index in [0.29, 0.717) is 56.8 Å². The van der Waals surface area contributed by atoms with E-state index in [4.69, 9.17) is 9.15 Å². The van der Waals surface area contributed by atoms with Crippen LogP contribution in [-0.2, 0) is 6.42 Å². The van der Waals surface area contributed by atoms with E-state index in [2.05, 4.69) is 37.3 Å². The highest BCUT2D eigenvalue weighted by molar-refractivity contribution is 9.10. The summed E-state index contributed by atoms with van der Waals surface area (Å²) in [6.45, 7) is 1.75. The maximum atomic E-state index is 12.8. The number of ether oxygens (including phenoxy) is 1. The molecule has 10 heteroatoms. The number of methoxy groups -OCH3 is 1. The molecule has 0 bridgehead atoms. The number of aryl methyl sites for hydroxylation is 1. The number of carbonyl (C=O) groups is 3. The third-order valence-corrected chi connectivity index (χ3v) is 6.26. The van der Waals surface area contributed by atoms with E-state index in [1.807, 2.05) is 0 Å². The summed E-state index contributed by atoms with van der Waals surface area (Å²) in [5, 5.41) is 4.32. The molecule has 0 radical (unpaired) electrons. The van der Waals surface area contributed by atoms with Gasteiger partial charge >= 0.3 is 5.91 Å². The highest BCUT2D eigenvalue weighted by Gasteiger charge is 2.28. The molecule has 0 saturated heterocycles. The van der Waals surface area contributed by atoms with Crippen molar-refractivity contribution < 1.29 is 23.5 Å². The van der Waals surface area contributed by atoms with Gasteiger partial charge in [0.25, 0.3) is 11.8 Å². The fourth-order valence-electron chi connectivity index (χ4n) is 3.83. The lowest BCUT2D eigenvalue weighted by atomic mass is 9.93. The Labute approximate surface area is 210 Å². The Balaban J connectivity index is 1.48. The van der Waals surface area contributed by atoms with Crippen LogP contribution in [0.25, 0.3) is 0 Å². The Morgan fingerprint density at radius 2 is 1.77 bits per heavy atom. The number of hydrogen-bond donors (Lipinski definition) is 3. The highest BCUT2D eigenvalue weighted by Crippen LogP contribution is 2.30. The number of halogens is 1. The fourth-order valence-corrected chi connectivity index (χ4v) is 4.29. The number of nitrogens with zero attached hydrogens (tertiary/aromatic N) is 1. The number of fused-ring (bicyclic) bond motifs is 1. The monoisotopic (exact) mass is 538 g/mol. The second-order valence-corrected chi connectivity index (χ2v) is 8.68. The van der Waals surface area contributed by atoms with E-state index in [-0.39, 0.29) is 11.7 Å². The first-order valence-electron chi connectivity index (χ1n) is 10.9. The molecule has 180 valence electrons. The molecule has 35 heavy (non-hydrogen) atoms. The molecule has 0 unspecified atom stereocenters. The number of furan rings is 1. The number of nitrogens with one attached hydrogen (secondary N) is 3. The van der Waals surface area contributed by atoms with Crippen molar-refractivity contribution in [3.05, 3.63) is 86.8 Å². The second kappa shape index (κ2) is 10.6. The summed E-state index contributed by atoms with van der Waals surface area (Å²) in [6, 6.07) is 13.6. The summed E-state index contributed by atoms with van der Waals surface area (Å²) in [6.07, 6.45) is 2.01. The van der Waals surface area contributed by atoms with E-state index < -0.39 is 11.8 Å². The minimum Gasteiger partial charge on any atom is -0.497 e. The van der Waals surface area contributed by atoms with Gasteiger partial charge in [0.05, 0.1) is 18.4 Å². The summed E-state index contributed by atoms with van der Waals surface area (Å²) in [5.74, 6) is -0.170. The van der Waals surface area contributed by atoms with Gasteiger partial charge in [0, 0.05) is 27.6 Å². The van der Waals surface area contributed by atoms with Crippen molar-refractivity contribution in [2.45, 2.75) is 26.2 Å². The van der Waals surface area contributed by atoms with Crippen LogP contribution in [0.2, 0.25) is 0 Å². The van der Waals surface area contributed by atoms with Crippen molar-refractivity contribution in [2.24, 2.45) is 5.10 Å². The third kappa shape index (κ3) is 5.27. The van der Waals surface area contributed by atoms with Gasteiger partial charge in [0.15, 0.2) is 5.76 Å². The van der Waals surface area contributed by atoms with Gasteiger partial charge < -0.3 is 9.15 Å². The Hall–Kier alpha value is -3.92. The number of hydrazine groups is 1. The Bertz CT molecular complexity index is 1330. The van der Waals surface area contributed by atoms with Crippen LogP contribution in [0.4, 0.5) is 0 Å². The van der Waals surface area contributed by atoms with E-state index in [1.54, 1.807) is 55.5 Å². The van der Waals surface area contributed by atoms with Crippen LogP contribution in [-0.4, -0.2) is 30.5 Å². The molecule has 1 heterocycles. The number of rotatable bonds is 5. The molecule has 0 spiro atoms. The lowest BCUT2D eigenvalue weighted by Crippen LogP contribution is -2.41. The number of amides is 3. The zero-order valence-electron chi connectivity index (χ0n) is 19.1. The summed E-state index contributed by atoms with van der Waals surface area (Å²) in [7, 11) is 1.53. The maximum Gasteiger partial charge on any atom is 0.305 e. The zero-order chi connectivity index (χ0) is 24.9. The van der Waals surface area contributed by atoms with Gasteiger partial charge in [0.1, 0.15) is 11.5 Å². The van der Waals surface area contributed by atoms with Crippen molar-refractivity contribution in [2.75, 3.05) is 7.11 Å². The molecule has 4 rings (SSSR count). The van der Waals surface area contributed by atoms with Crippen LogP contribution < -0.4 is 21.0 Å². The Kier molecular flexibility index (Phi) is 7.31. The number of benzene rings is 2. The van der Waals surface area contributed by atoms with Gasteiger partial charge in [-0.15, -0.1) is 0 Å². The van der Waals surface area contributed by atoms with Crippen LogP contribution in [0.3, 0.4) is 0 Å². The normalized spacial score (nSPS) is 13.6. The molecule has 3 N–H and O–H groups in total. The average molecular weight is 539 g/mol. The van der Waals surface area contributed by atoms with Crippen molar-refractivity contribution >= 4 is 39.4 Å². The molecule has 1 aliphatic rings. The van der Waals surface area contributed by atoms with Crippen LogP contribution in [0.1, 0.15) is 61.0 Å². The van der Waals surface area contributed by atoms with Crippen molar-refractivity contribution in [1.29, 1.82) is 0 Å². The quantitative estimate of drug-likeness (QED) is 0.425. The van der Waals surface area contributed by atoms with Crippen LogP contribution >= 0.6 is 15.9 Å². The molecule has 0 fully saturated rings. The summed E-state index contributed by atoms with van der Waals surface area (Å²) < 4.78 is 11.6. The molecular formula is C25H23BrN4O5. The third-order valence-electron chi connectivity index (χ3n) is 5.56. The van der Waals surface area contributed by atoms with E-state index in [9.17, 15) is 14.4 Å². The molecule has 3 amide bonds. The van der Waals surface area contributed by atoms with E-state index in [0.717, 1.165) is 6.42 Å². The van der Waals surface area contributed by atoms with Crippen molar-refractivity contribution in [1.82, 2.24) is 16.3 Å². The topological polar surface area (TPSA) is 122 Å².